The Morgan fingerprint density at radius 1 is 1.14 bits per heavy atom. The van der Waals surface area contributed by atoms with Gasteiger partial charge in [0.1, 0.15) is 5.75 Å². The molecule has 3 nitrogen and oxygen atoms in total. The van der Waals surface area contributed by atoms with Crippen molar-refractivity contribution in [1.82, 2.24) is 4.98 Å². The zero-order chi connectivity index (χ0) is 14.8. The van der Waals surface area contributed by atoms with Gasteiger partial charge in [-0.1, -0.05) is 37.3 Å². The average molecular weight is 298 g/mol. The summed E-state index contributed by atoms with van der Waals surface area (Å²) in [5.74, 6) is 1.38. The Hall–Kier alpha value is -2.07. The van der Waals surface area contributed by atoms with Gasteiger partial charge in [-0.2, -0.15) is 0 Å². The van der Waals surface area contributed by atoms with Gasteiger partial charge >= 0.3 is 0 Å². The zero-order valence-corrected chi connectivity index (χ0v) is 13.2. The van der Waals surface area contributed by atoms with Gasteiger partial charge in [-0.05, 0) is 41.8 Å². The Labute approximate surface area is 128 Å². The van der Waals surface area contributed by atoms with E-state index in [4.69, 9.17) is 4.74 Å². The number of aromatic nitrogens is 1. The van der Waals surface area contributed by atoms with Gasteiger partial charge in [0.05, 0.1) is 17.3 Å². The van der Waals surface area contributed by atoms with E-state index in [1.165, 1.54) is 5.56 Å². The van der Waals surface area contributed by atoms with E-state index in [9.17, 15) is 0 Å². The fraction of sp³-hybridized carbons (Fsp3) is 0.235. The minimum absolute atomic E-state index is 0.520. The lowest BCUT2D eigenvalue weighted by atomic mass is 10.0. The highest BCUT2D eigenvalue weighted by molar-refractivity contribution is 7.22. The number of anilines is 2. The van der Waals surface area contributed by atoms with Gasteiger partial charge in [0.2, 0.25) is 0 Å². The maximum atomic E-state index is 5.25. The predicted molar refractivity (Wildman–Crippen MR) is 90.0 cm³/mol. The molecule has 0 aliphatic heterocycles. The molecule has 21 heavy (non-hydrogen) atoms. The van der Waals surface area contributed by atoms with E-state index >= 15 is 0 Å². The number of rotatable bonds is 4. The Balaban J connectivity index is 1.89. The first-order valence-corrected chi connectivity index (χ1v) is 7.79. The first-order valence-electron chi connectivity index (χ1n) is 6.97. The third kappa shape index (κ3) is 3.00. The third-order valence-electron chi connectivity index (χ3n) is 3.40. The van der Waals surface area contributed by atoms with Crippen LogP contribution >= 0.6 is 11.3 Å². The van der Waals surface area contributed by atoms with Gasteiger partial charge in [0.15, 0.2) is 5.13 Å². The summed E-state index contributed by atoms with van der Waals surface area (Å²) < 4.78 is 6.37. The van der Waals surface area contributed by atoms with Gasteiger partial charge in [0, 0.05) is 5.69 Å². The second-order valence-electron chi connectivity index (χ2n) is 5.26. The minimum atomic E-state index is 0.520. The highest BCUT2D eigenvalue weighted by atomic mass is 32.1. The van der Waals surface area contributed by atoms with Crippen LogP contribution in [0.3, 0.4) is 0 Å². The van der Waals surface area contributed by atoms with Crippen molar-refractivity contribution >= 4 is 32.4 Å². The van der Waals surface area contributed by atoms with Crippen LogP contribution in [0.15, 0.2) is 42.5 Å². The first kappa shape index (κ1) is 13.9. The van der Waals surface area contributed by atoms with E-state index in [1.807, 2.05) is 18.2 Å². The highest BCUT2D eigenvalue weighted by Crippen LogP contribution is 2.31. The molecule has 0 saturated heterocycles. The topological polar surface area (TPSA) is 34.1 Å². The number of hydrogen-bond acceptors (Lipinski definition) is 4. The number of benzene rings is 2. The van der Waals surface area contributed by atoms with Gasteiger partial charge in [0.25, 0.3) is 0 Å². The molecule has 0 aliphatic rings. The zero-order valence-electron chi connectivity index (χ0n) is 12.4. The molecule has 3 rings (SSSR count). The van der Waals surface area contributed by atoms with Gasteiger partial charge in [-0.15, -0.1) is 0 Å². The summed E-state index contributed by atoms with van der Waals surface area (Å²) in [4.78, 5) is 4.61. The molecule has 1 heterocycles. The number of thiazole rings is 1. The Kier molecular flexibility index (Phi) is 3.80. The second-order valence-corrected chi connectivity index (χ2v) is 6.29. The van der Waals surface area contributed by atoms with E-state index < -0.39 is 0 Å². The van der Waals surface area contributed by atoms with Crippen molar-refractivity contribution in [3.63, 3.8) is 0 Å². The summed E-state index contributed by atoms with van der Waals surface area (Å²) in [7, 11) is 1.68. The summed E-state index contributed by atoms with van der Waals surface area (Å²) >= 11 is 1.63. The Morgan fingerprint density at radius 3 is 2.76 bits per heavy atom. The number of methoxy groups -OCH3 is 1. The lowest BCUT2D eigenvalue weighted by molar-refractivity contribution is 0.415. The Morgan fingerprint density at radius 2 is 2.00 bits per heavy atom. The van der Waals surface area contributed by atoms with E-state index in [-0.39, 0.29) is 0 Å². The molecule has 1 N–H and O–H groups in total. The van der Waals surface area contributed by atoms with Crippen molar-refractivity contribution in [3.8, 4) is 5.75 Å². The largest absolute Gasteiger partial charge is 0.497 e. The van der Waals surface area contributed by atoms with Crippen LogP contribution < -0.4 is 10.1 Å². The highest BCUT2D eigenvalue weighted by Gasteiger charge is 2.06. The van der Waals surface area contributed by atoms with E-state index in [0.29, 0.717) is 5.92 Å². The summed E-state index contributed by atoms with van der Waals surface area (Å²) in [5.41, 5.74) is 3.39. The van der Waals surface area contributed by atoms with Crippen molar-refractivity contribution in [1.29, 1.82) is 0 Å². The minimum Gasteiger partial charge on any atom is -0.497 e. The fourth-order valence-electron chi connectivity index (χ4n) is 2.18. The van der Waals surface area contributed by atoms with Crippen LogP contribution in [0.1, 0.15) is 25.3 Å². The number of fused-ring (bicyclic) bond motifs is 1. The third-order valence-corrected chi connectivity index (χ3v) is 4.33. The molecule has 0 bridgehead atoms. The number of ether oxygens (including phenoxy) is 1. The smallest absolute Gasteiger partial charge is 0.188 e. The Bertz CT molecular complexity index is 764. The van der Waals surface area contributed by atoms with Crippen LogP contribution in [0.5, 0.6) is 5.75 Å². The van der Waals surface area contributed by atoms with Crippen molar-refractivity contribution < 1.29 is 4.74 Å². The standard InChI is InChI=1S/C17H18N2OS/c1-11(2)12-5-4-6-13(9-12)18-17-19-15-8-7-14(20-3)10-16(15)21-17/h4-11H,1-3H3,(H,18,19). The van der Waals surface area contributed by atoms with Crippen molar-refractivity contribution in [2.75, 3.05) is 12.4 Å². The molecule has 2 aromatic carbocycles. The van der Waals surface area contributed by atoms with Gasteiger partial charge in [-0.25, -0.2) is 4.98 Å². The molecule has 1 aromatic heterocycles. The summed E-state index contributed by atoms with van der Waals surface area (Å²) in [6.45, 7) is 4.39. The van der Waals surface area contributed by atoms with E-state index in [1.54, 1.807) is 18.4 Å². The molecular weight excluding hydrogens is 280 g/mol. The van der Waals surface area contributed by atoms with Crippen LogP contribution in [0.25, 0.3) is 10.2 Å². The predicted octanol–water partition coefficient (Wildman–Crippen LogP) is 5.17. The van der Waals surface area contributed by atoms with Crippen LogP contribution in [0, 0.1) is 0 Å². The summed E-state index contributed by atoms with van der Waals surface area (Å²) in [5, 5.41) is 4.29. The molecule has 0 aliphatic carbocycles. The van der Waals surface area contributed by atoms with E-state index in [2.05, 4.69) is 48.4 Å². The average Bonchev–Trinajstić information content (AvgIpc) is 2.88. The van der Waals surface area contributed by atoms with Crippen molar-refractivity contribution in [2.24, 2.45) is 0 Å². The van der Waals surface area contributed by atoms with Crippen LogP contribution in [-0.2, 0) is 0 Å². The lowest BCUT2D eigenvalue weighted by Crippen LogP contribution is -1.92. The molecule has 0 atom stereocenters. The molecule has 0 fully saturated rings. The number of nitrogens with one attached hydrogen (secondary N) is 1. The van der Waals surface area contributed by atoms with E-state index in [0.717, 1.165) is 26.8 Å². The first-order chi connectivity index (χ1) is 10.2. The van der Waals surface area contributed by atoms with Crippen LogP contribution in [0.4, 0.5) is 10.8 Å². The molecule has 108 valence electrons. The molecule has 0 unspecified atom stereocenters. The fourth-order valence-corrected chi connectivity index (χ4v) is 3.10. The van der Waals surface area contributed by atoms with Crippen LogP contribution in [-0.4, -0.2) is 12.1 Å². The van der Waals surface area contributed by atoms with Gasteiger partial charge < -0.3 is 10.1 Å². The maximum Gasteiger partial charge on any atom is 0.188 e. The monoisotopic (exact) mass is 298 g/mol. The molecule has 0 saturated carbocycles. The molecule has 0 spiro atoms. The van der Waals surface area contributed by atoms with Crippen molar-refractivity contribution in [2.45, 2.75) is 19.8 Å². The normalized spacial score (nSPS) is 11.0. The molecule has 0 radical (unpaired) electrons. The van der Waals surface area contributed by atoms with Gasteiger partial charge in [-0.3, -0.25) is 0 Å². The molecule has 0 amide bonds. The SMILES string of the molecule is COc1ccc2nc(Nc3cccc(C(C)C)c3)sc2c1. The van der Waals surface area contributed by atoms with Crippen LogP contribution in [0.2, 0.25) is 0 Å². The van der Waals surface area contributed by atoms with Crippen molar-refractivity contribution in [3.05, 3.63) is 48.0 Å². The quantitative estimate of drug-likeness (QED) is 0.721. The number of hydrogen-bond donors (Lipinski definition) is 1. The molecular formula is C17H18N2OS. The summed E-state index contributed by atoms with van der Waals surface area (Å²) in [6, 6.07) is 14.4. The second kappa shape index (κ2) is 5.74. The molecule has 4 heteroatoms. The molecule has 3 aromatic rings. The lowest BCUT2D eigenvalue weighted by Gasteiger charge is -2.08. The summed E-state index contributed by atoms with van der Waals surface area (Å²) in [6.07, 6.45) is 0. The maximum absolute atomic E-state index is 5.25. The number of nitrogens with zero attached hydrogens (tertiary/aromatic N) is 1.